The number of thioether (sulfide) groups is 1. The quantitative estimate of drug-likeness (QED) is 0.620. The number of carbonyl (C=O) groups excluding carboxylic acids is 1. The van der Waals surface area contributed by atoms with Crippen LogP contribution in [-0.4, -0.2) is 27.3 Å². The van der Waals surface area contributed by atoms with Gasteiger partial charge in [0.2, 0.25) is 5.13 Å². The summed E-state index contributed by atoms with van der Waals surface area (Å²) in [4.78, 5) is 12.7. The van der Waals surface area contributed by atoms with Crippen molar-refractivity contribution in [3.8, 4) is 0 Å². The van der Waals surface area contributed by atoms with Gasteiger partial charge in [0.15, 0.2) is 10.1 Å². The van der Waals surface area contributed by atoms with Crippen LogP contribution in [0.25, 0.3) is 0 Å². The summed E-state index contributed by atoms with van der Waals surface area (Å²) >= 11 is 3.02. The number of nitrogens with zero attached hydrogens (tertiary/aromatic N) is 2. The van der Waals surface area contributed by atoms with E-state index >= 15 is 0 Å². The molecule has 1 aliphatic rings. The second kappa shape index (κ2) is 6.61. The van der Waals surface area contributed by atoms with Gasteiger partial charge >= 0.3 is 0 Å². The lowest BCUT2D eigenvalue weighted by atomic mass is 9.97. The highest BCUT2D eigenvalue weighted by Gasteiger charge is 2.24. The molecule has 6 heteroatoms. The van der Waals surface area contributed by atoms with Crippen molar-refractivity contribution in [3.05, 3.63) is 34.4 Å². The Hall–Kier alpha value is -1.40. The summed E-state index contributed by atoms with van der Waals surface area (Å²) in [6, 6.07) is 4.66. The highest BCUT2D eigenvalue weighted by atomic mass is 32.2. The fourth-order valence-electron chi connectivity index (χ4n) is 2.37. The molecule has 1 unspecified atom stereocenters. The van der Waals surface area contributed by atoms with Crippen molar-refractivity contribution in [1.82, 2.24) is 10.2 Å². The van der Waals surface area contributed by atoms with Crippen molar-refractivity contribution >= 4 is 34.0 Å². The normalized spacial score (nSPS) is 15.5. The topological polar surface area (TPSA) is 54.9 Å². The third-order valence-corrected chi connectivity index (χ3v) is 6.10. The maximum Gasteiger partial charge on any atom is 0.206 e. The average Bonchev–Trinajstić information content (AvgIpc) is 3.21. The molecule has 4 nitrogen and oxygen atoms in total. The van der Waals surface area contributed by atoms with Gasteiger partial charge in [0, 0.05) is 11.6 Å². The monoisotopic (exact) mass is 347 g/mol. The van der Waals surface area contributed by atoms with Crippen molar-refractivity contribution in [2.75, 3.05) is 5.32 Å². The summed E-state index contributed by atoms with van der Waals surface area (Å²) in [5, 5.41) is 12.4. The van der Waals surface area contributed by atoms with Gasteiger partial charge in [-0.05, 0) is 63.3 Å². The van der Waals surface area contributed by atoms with Crippen molar-refractivity contribution in [2.24, 2.45) is 0 Å². The van der Waals surface area contributed by atoms with Crippen molar-refractivity contribution in [1.29, 1.82) is 0 Å². The van der Waals surface area contributed by atoms with Gasteiger partial charge in [0.1, 0.15) is 0 Å². The standard InChI is InChI=1S/C17H21N3OS2/c1-9-7-11(3)14(8-10(9)2)15(21)12(4)22-17-20-19-16(23-17)18-13-5-6-13/h7-8,12-13H,5-6H2,1-4H3,(H,18,19). The predicted octanol–water partition coefficient (Wildman–Crippen LogP) is 4.40. The molecule has 0 bridgehead atoms. The Labute approximate surface area is 145 Å². The molecule has 0 amide bonds. The number of aryl methyl sites for hydroxylation is 3. The molecule has 23 heavy (non-hydrogen) atoms. The molecular weight excluding hydrogens is 326 g/mol. The number of carbonyl (C=O) groups is 1. The number of ketones is 1. The van der Waals surface area contributed by atoms with E-state index in [9.17, 15) is 4.79 Å². The molecule has 122 valence electrons. The van der Waals surface area contributed by atoms with Gasteiger partial charge in [-0.1, -0.05) is 29.2 Å². The number of Topliss-reactive ketones (excluding diaryl/α,β-unsaturated/α-hetero) is 1. The van der Waals surface area contributed by atoms with E-state index in [1.165, 1.54) is 41.5 Å². The molecule has 2 aromatic rings. The van der Waals surface area contributed by atoms with Crippen LogP contribution in [0.1, 0.15) is 46.8 Å². The number of rotatable bonds is 6. The Morgan fingerprint density at radius 3 is 2.61 bits per heavy atom. The molecule has 1 heterocycles. The van der Waals surface area contributed by atoms with Crippen molar-refractivity contribution in [3.63, 3.8) is 0 Å². The first kappa shape index (κ1) is 16.5. The third kappa shape index (κ3) is 3.93. The van der Waals surface area contributed by atoms with E-state index in [2.05, 4.69) is 28.5 Å². The summed E-state index contributed by atoms with van der Waals surface area (Å²) in [5.74, 6) is 0.155. The van der Waals surface area contributed by atoms with Gasteiger partial charge in [0.25, 0.3) is 0 Å². The first-order valence-corrected chi connectivity index (χ1v) is 9.52. The number of anilines is 1. The number of nitrogens with one attached hydrogen (secondary N) is 1. The predicted molar refractivity (Wildman–Crippen MR) is 96.9 cm³/mol. The SMILES string of the molecule is Cc1cc(C)c(C(=O)C(C)Sc2nnc(NC3CC3)s2)cc1C. The number of aromatic nitrogens is 2. The lowest BCUT2D eigenvalue weighted by Gasteiger charge is -2.12. The number of hydrogen-bond acceptors (Lipinski definition) is 6. The van der Waals surface area contributed by atoms with Gasteiger partial charge in [-0.3, -0.25) is 4.79 Å². The summed E-state index contributed by atoms with van der Waals surface area (Å²) in [6.45, 7) is 8.06. The average molecular weight is 348 g/mol. The summed E-state index contributed by atoms with van der Waals surface area (Å²) in [6.07, 6.45) is 2.42. The lowest BCUT2D eigenvalue weighted by molar-refractivity contribution is 0.0993. The molecule has 1 aliphatic carbocycles. The molecule has 0 spiro atoms. The van der Waals surface area contributed by atoms with Crippen LogP contribution in [0.4, 0.5) is 5.13 Å². The summed E-state index contributed by atoms with van der Waals surface area (Å²) < 4.78 is 0.843. The maximum atomic E-state index is 12.7. The zero-order chi connectivity index (χ0) is 16.6. The Bertz CT molecular complexity index is 737. The fraction of sp³-hybridized carbons (Fsp3) is 0.471. The van der Waals surface area contributed by atoms with E-state index in [0.717, 1.165) is 26.2 Å². The number of benzene rings is 1. The highest BCUT2D eigenvalue weighted by molar-refractivity contribution is 8.02. The van der Waals surface area contributed by atoms with E-state index in [-0.39, 0.29) is 11.0 Å². The Morgan fingerprint density at radius 2 is 1.91 bits per heavy atom. The first-order valence-electron chi connectivity index (χ1n) is 7.83. The first-order chi connectivity index (χ1) is 10.9. The number of hydrogen-bond donors (Lipinski definition) is 1. The summed E-state index contributed by atoms with van der Waals surface area (Å²) in [7, 11) is 0. The minimum atomic E-state index is -0.169. The van der Waals surface area contributed by atoms with Crippen LogP contribution in [-0.2, 0) is 0 Å². The molecule has 1 fully saturated rings. The second-order valence-electron chi connectivity index (χ2n) is 6.17. The molecule has 1 aromatic heterocycles. The smallest absolute Gasteiger partial charge is 0.206 e. The minimum Gasteiger partial charge on any atom is -0.357 e. The van der Waals surface area contributed by atoms with Crippen LogP contribution in [0.5, 0.6) is 0 Å². The van der Waals surface area contributed by atoms with Crippen LogP contribution in [0, 0.1) is 20.8 Å². The Balaban J connectivity index is 1.69. The Kier molecular flexibility index (Phi) is 4.73. The molecule has 3 rings (SSSR count). The van der Waals surface area contributed by atoms with Gasteiger partial charge in [-0.15, -0.1) is 10.2 Å². The largest absolute Gasteiger partial charge is 0.357 e. The van der Waals surface area contributed by atoms with E-state index in [1.54, 1.807) is 0 Å². The molecule has 1 atom stereocenters. The van der Waals surface area contributed by atoms with Crippen LogP contribution in [0.3, 0.4) is 0 Å². The van der Waals surface area contributed by atoms with Crippen molar-refractivity contribution in [2.45, 2.75) is 56.2 Å². The molecule has 1 saturated carbocycles. The Morgan fingerprint density at radius 1 is 1.22 bits per heavy atom. The van der Waals surface area contributed by atoms with E-state index in [1.807, 2.05) is 26.8 Å². The van der Waals surface area contributed by atoms with Gasteiger partial charge in [0.05, 0.1) is 5.25 Å². The van der Waals surface area contributed by atoms with Gasteiger partial charge in [-0.25, -0.2) is 0 Å². The molecule has 1 N–H and O–H groups in total. The van der Waals surface area contributed by atoms with Crippen LogP contribution >= 0.6 is 23.1 Å². The minimum absolute atomic E-state index is 0.155. The zero-order valence-corrected chi connectivity index (χ0v) is 15.5. The van der Waals surface area contributed by atoms with E-state index in [4.69, 9.17) is 0 Å². The second-order valence-corrected chi connectivity index (χ2v) is 8.73. The highest BCUT2D eigenvalue weighted by Crippen LogP contribution is 2.33. The zero-order valence-electron chi connectivity index (χ0n) is 13.8. The maximum absolute atomic E-state index is 12.7. The van der Waals surface area contributed by atoms with Crippen LogP contribution in [0.2, 0.25) is 0 Å². The molecule has 0 aliphatic heterocycles. The van der Waals surface area contributed by atoms with E-state index in [0.29, 0.717) is 6.04 Å². The molecule has 1 aromatic carbocycles. The fourth-order valence-corrected chi connectivity index (χ4v) is 4.41. The van der Waals surface area contributed by atoms with Crippen LogP contribution in [0.15, 0.2) is 16.5 Å². The molecular formula is C17H21N3OS2. The van der Waals surface area contributed by atoms with Crippen LogP contribution < -0.4 is 5.32 Å². The molecule has 0 saturated heterocycles. The van der Waals surface area contributed by atoms with E-state index < -0.39 is 0 Å². The molecule has 0 radical (unpaired) electrons. The van der Waals surface area contributed by atoms with Gasteiger partial charge < -0.3 is 5.32 Å². The lowest BCUT2D eigenvalue weighted by Crippen LogP contribution is -2.15. The van der Waals surface area contributed by atoms with Gasteiger partial charge in [-0.2, -0.15) is 0 Å². The third-order valence-electron chi connectivity index (χ3n) is 4.06. The summed E-state index contributed by atoms with van der Waals surface area (Å²) in [5.41, 5.74) is 4.23. The van der Waals surface area contributed by atoms with Crippen molar-refractivity contribution < 1.29 is 4.79 Å².